The zero-order valence-corrected chi connectivity index (χ0v) is 12.2. The van der Waals surface area contributed by atoms with Gasteiger partial charge in [-0.1, -0.05) is 28.1 Å². The van der Waals surface area contributed by atoms with Gasteiger partial charge in [0, 0.05) is 24.1 Å². The third-order valence-electron chi connectivity index (χ3n) is 3.37. The SMILES string of the molecule is Cc1ccc(C(C#N)N2CCCNCC2)cc1Br. The topological polar surface area (TPSA) is 39.1 Å². The van der Waals surface area contributed by atoms with Gasteiger partial charge in [0.1, 0.15) is 6.04 Å². The van der Waals surface area contributed by atoms with Crippen LogP contribution in [0.1, 0.15) is 23.6 Å². The maximum atomic E-state index is 9.46. The Hall–Kier alpha value is -0.890. The quantitative estimate of drug-likeness (QED) is 0.913. The zero-order chi connectivity index (χ0) is 13.0. The van der Waals surface area contributed by atoms with Crippen molar-refractivity contribution in [2.24, 2.45) is 0 Å². The Bertz CT molecular complexity index is 445. The molecule has 18 heavy (non-hydrogen) atoms. The van der Waals surface area contributed by atoms with Gasteiger partial charge in [0.15, 0.2) is 0 Å². The largest absolute Gasteiger partial charge is 0.315 e. The van der Waals surface area contributed by atoms with Crippen molar-refractivity contribution in [2.45, 2.75) is 19.4 Å². The first-order valence-electron chi connectivity index (χ1n) is 6.33. The van der Waals surface area contributed by atoms with Crippen LogP contribution in [0.2, 0.25) is 0 Å². The second kappa shape index (κ2) is 6.33. The van der Waals surface area contributed by atoms with E-state index in [2.05, 4.69) is 57.3 Å². The Morgan fingerprint density at radius 3 is 2.94 bits per heavy atom. The smallest absolute Gasteiger partial charge is 0.123 e. The zero-order valence-electron chi connectivity index (χ0n) is 10.6. The van der Waals surface area contributed by atoms with Crippen LogP contribution < -0.4 is 5.32 Å². The van der Waals surface area contributed by atoms with Crippen molar-refractivity contribution in [2.75, 3.05) is 26.2 Å². The molecular weight excluding hydrogens is 290 g/mol. The molecule has 1 aromatic rings. The lowest BCUT2D eigenvalue weighted by Gasteiger charge is -2.25. The van der Waals surface area contributed by atoms with Gasteiger partial charge in [0.05, 0.1) is 6.07 Å². The highest BCUT2D eigenvalue weighted by Gasteiger charge is 2.21. The van der Waals surface area contributed by atoms with E-state index >= 15 is 0 Å². The van der Waals surface area contributed by atoms with Crippen LogP contribution in [0, 0.1) is 18.3 Å². The molecule has 0 aromatic heterocycles. The van der Waals surface area contributed by atoms with E-state index in [-0.39, 0.29) is 6.04 Å². The molecule has 3 nitrogen and oxygen atoms in total. The molecule has 0 amide bonds. The summed E-state index contributed by atoms with van der Waals surface area (Å²) in [5.41, 5.74) is 2.28. The van der Waals surface area contributed by atoms with Crippen LogP contribution in [0.4, 0.5) is 0 Å². The minimum atomic E-state index is -0.137. The number of rotatable bonds is 2. The van der Waals surface area contributed by atoms with Crippen LogP contribution >= 0.6 is 15.9 Å². The molecule has 1 saturated heterocycles. The van der Waals surface area contributed by atoms with Gasteiger partial charge in [-0.3, -0.25) is 4.90 Å². The third-order valence-corrected chi connectivity index (χ3v) is 4.23. The Labute approximate surface area is 117 Å². The van der Waals surface area contributed by atoms with Gasteiger partial charge < -0.3 is 5.32 Å². The molecule has 4 heteroatoms. The molecule has 0 aliphatic carbocycles. The molecule has 1 heterocycles. The van der Waals surface area contributed by atoms with E-state index in [0.29, 0.717) is 0 Å². The van der Waals surface area contributed by atoms with Crippen LogP contribution in [0.15, 0.2) is 22.7 Å². The monoisotopic (exact) mass is 307 g/mol. The molecule has 0 radical (unpaired) electrons. The van der Waals surface area contributed by atoms with Gasteiger partial charge >= 0.3 is 0 Å². The van der Waals surface area contributed by atoms with Gasteiger partial charge in [-0.15, -0.1) is 0 Å². The normalized spacial score (nSPS) is 18.9. The summed E-state index contributed by atoms with van der Waals surface area (Å²) in [5.74, 6) is 0. The molecule has 1 N–H and O–H groups in total. The number of aryl methyl sites for hydroxylation is 1. The van der Waals surface area contributed by atoms with E-state index in [9.17, 15) is 5.26 Å². The fourth-order valence-corrected chi connectivity index (χ4v) is 2.67. The molecule has 96 valence electrons. The summed E-state index contributed by atoms with van der Waals surface area (Å²) < 4.78 is 1.08. The highest BCUT2D eigenvalue weighted by Crippen LogP contribution is 2.25. The standard InChI is InChI=1S/C14H18BrN3/c1-11-3-4-12(9-13(11)15)14(10-16)18-7-2-5-17-6-8-18/h3-4,9,14,17H,2,5-8H2,1H3. The van der Waals surface area contributed by atoms with Crippen LogP contribution in [0.25, 0.3) is 0 Å². The summed E-state index contributed by atoms with van der Waals surface area (Å²) in [5, 5.41) is 12.8. The van der Waals surface area contributed by atoms with Gasteiger partial charge in [-0.25, -0.2) is 0 Å². The molecule has 1 unspecified atom stereocenters. The number of halogens is 1. The van der Waals surface area contributed by atoms with Gasteiger partial charge in [0.25, 0.3) is 0 Å². The van der Waals surface area contributed by atoms with Gasteiger partial charge in [0.2, 0.25) is 0 Å². The number of nitrogens with zero attached hydrogens (tertiary/aromatic N) is 2. The Morgan fingerprint density at radius 1 is 1.39 bits per heavy atom. The molecule has 0 bridgehead atoms. The summed E-state index contributed by atoms with van der Waals surface area (Å²) in [6.45, 7) is 5.99. The van der Waals surface area contributed by atoms with Crippen molar-refractivity contribution in [3.8, 4) is 6.07 Å². The fraction of sp³-hybridized carbons (Fsp3) is 0.500. The predicted molar refractivity (Wildman–Crippen MR) is 76.3 cm³/mol. The van der Waals surface area contributed by atoms with E-state index < -0.39 is 0 Å². The Morgan fingerprint density at radius 2 is 2.22 bits per heavy atom. The predicted octanol–water partition coefficient (Wildman–Crippen LogP) is 2.62. The summed E-state index contributed by atoms with van der Waals surface area (Å²) >= 11 is 3.54. The molecule has 0 spiro atoms. The first-order valence-corrected chi connectivity index (χ1v) is 7.12. The summed E-state index contributed by atoms with van der Waals surface area (Å²) in [7, 11) is 0. The number of benzene rings is 1. The molecule has 1 fully saturated rings. The average molecular weight is 308 g/mol. The lowest BCUT2D eigenvalue weighted by atomic mass is 10.0. The van der Waals surface area contributed by atoms with Crippen molar-refractivity contribution in [3.63, 3.8) is 0 Å². The molecule has 1 aliphatic heterocycles. The molecule has 2 rings (SSSR count). The number of hydrogen-bond donors (Lipinski definition) is 1. The minimum absolute atomic E-state index is 0.137. The maximum Gasteiger partial charge on any atom is 0.123 e. The highest BCUT2D eigenvalue weighted by molar-refractivity contribution is 9.10. The lowest BCUT2D eigenvalue weighted by Crippen LogP contribution is -2.31. The van der Waals surface area contributed by atoms with E-state index in [1.54, 1.807) is 0 Å². The number of hydrogen-bond acceptors (Lipinski definition) is 3. The van der Waals surface area contributed by atoms with Crippen LogP contribution in [-0.2, 0) is 0 Å². The van der Waals surface area contributed by atoms with Crippen LogP contribution in [0.5, 0.6) is 0 Å². The van der Waals surface area contributed by atoms with Crippen LogP contribution in [0.3, 0.4) is 0 Å². The molecular formula is C14H18BrN3. The number of nitriles is 1. The maximum absolute atomic E-state index is 9.46. The van der Waals surface area contributed by atoms with E-state index in [4.69, 9.17) is 0 Å². The summed E-state index contributed by atoms with van der Waals surface area (Å²) in [6.07, 6.45) is 1.10. The van der Waals surface area contributed by atoms with E-state index in [0.717, 1.165) is 42.6 Å². The summed E-state index contributed by atoms with van der Waals surface area (Å²) in [4.78, 5) is 2.26. The Kier molecular flexibility index (Phi) is 4.76. The molecule has 0 saturated carbocycles. The van der Waals surface area contributed by atoms with Crippen molar-refractivity contribution in [1.82, 2.24) is 10.2 Å². The molecule has 1 aliphatic rings. The second-order valence-electron chi connectivity index (χ2n) is 4.68. The second-order valence-corrected chi connectivity index (χ2v) is 5.53. The average Bonchev–Trinajstić information content (AvgIpc) is 2.64. The van der Waals surface area contributed by atoms with Gasteiger partial charge in [-0.05, 0) is 37.1 Å². The van der Waals surface area contributed by atoms with Crippen molar-refractivity contribution in [3.05, 3.63) is 33.8 Å². The third kappa shape index (κ3) is 3.11. The van der Waals surface area contributed by atoms with Crippen LogP contribution in [-0.4, -0.2) is 31.1 Å². The van der Waals surface area contributed by atoms with Crippen molar-refractivity contribution < 1.29 is 0 Å². The van der Waals surface area contributed by atoms with Crippen molar-refractivity contribution >= 4 is 15.9 Å². The van der Waals surface area contributed by atoms with E-state index in [1.165, 1.54) is 5.56 Å². The van der Waals surface area contributed by atoms with E-state index in [1.807, 2.05) is 0 Å². The fourth-order valence-electron chi connectivity index (χ4n) is 2.27. The molecule has 1 aromatic carbocycles. The highest BCUT2D eigenvalue weighted by atomic mass is 79.9. The first kappa shape index (κ1) is 13.5. The Balaban J connectivity index is 2.21. The first-order chi connectivity index (χ1) is 8.72. The van der Waals surface area contributed by atoms with Crippen molar-refractivity contribution in [1.29, 1.82) is 5.26 Å². The number of nitrogens with one attached hydrogen (secondary N) is 1. The minimum Gasteiger partial charge on any atom is -0.315 e. The lowest BCUT2D eigenvalue weighted by molar-refractivity contribution is 0.252. The summed E-state index contributed by atoms with van der Waals surface area (Å²) in [6, 6.07) is 8.50. The van der Waals surface area contributed by atoms with Gasteiger partial charge in [-0.2, -0.15) is 5.26 Å². The molecule has 1 atom stereocenters.